The van der Waals surface area contributed by atoms with Crippen LogP contribution in [0.3, 0.4) is 0 Å². The zero-order valence-electron chi connectivity index (χ0n) is 13.5. The fourth-order valence-electron chi connectivity index (χ4n) is 4.40. The van der Waals surface area contributed by atoms with E-state index in [2.05, 4.69) is 41.3 Å². The van der Waals surface area contributed by atoms with Gasteiger partial charge >= 0.3 is 0 Å². The summed E-state index contributed by atoms with van der Waals surface area (Å²) in [6.45, 7) is 3.51. The lowest BCUT2D eigenvalue weighted by atomic mass is 9.94. The van der Waals surface area contributed by atoms with E-state index in [4.69, 9.17) is 0 Å². The van der Waals surface area contributed by atoms with Crippen molar-refractivity contribution in [3.63, 3.8) is 0 Å². The Balaban J connectivity index is 1.38. The van der Waals surface area contributed by atoms with Gasteiger partial charge in [-0.05, 0) is 64.0 Å². The highest BCUT2D eigenvalue weighted by molar-refractivity contribution is 6.08. The third-order valence-electron chi connectivity index (χ3n) is 5.94. The molecule has 1 saturated carbocycles. The number of likely N-dealkylation sites (N-methyl/N-ethyl adjacent to an activating group) is 1. The highest BCUT2D eigenvalue weighted by atomic mass is 16.2. The van der Waals surface area contributed by atoms with E-state index in [0.29, 0.717) is 12.0 Å². The van der Waals surface area contributed by atoms with Crippen LogP contribution in [0.2, 0.25) is 0 Å². The molecule has 2 aliphatic heterocycles. The van der Waals surface area contributed by atoms with Crippen molar-refractivity contribution in [2.45, 2.75) is 30.7 Å². The number of rotatable bonds is 4. The minimum absolute atomic E-state index is 0.197. The van der Waals surface area contributed by atoms with E-state index in [1.807, 2.05) is 12.1 Å². The van der Waals surface area contributed by atoms with Crippen molar-refractivity contribution in [1.29, 1.82) is 0 Å². The minimum Gasteiger partial charge on any atom is -0.325 e. The van der Waals surface area contributed by atoms with Gasteiger partial charge in [0.2, 0.25) is 5.91 Å². The molecule has 2 fully saturated rings. The molecule has 3 atom stereocenters. The van der Waals surface area contributed by atoms with Gasteiger partial charge in [0.05, 0.1) is 5.41 Å². The van der Waals surface area contributed by atoms with E-state index in [-0.39, 0.29) is 11.3 Å². The molecule has 118 valence electrons. The minimum atomic E-state index is -0.197. The molecule has 0 aromatic heterocycles. The van der Waals surface area contributed by atoms with E-state index < -0.39 is 0 Å². The molecule has 2 unspecified atom stereocenters. The van der Waals surface area contributed by atoms with E-state index in [9.17, 15) is 4.79 Å². The number of benzene rings is 1. The lowest BCUT2D eigenvalue weighted by Gasteiger charge is -2.20. The highest BCUT2D eigenvalue weighted by Gasteiger charge is 2.63. The fourth-order valence-corrected chi connectivity index (χ4v) is 4.40. The summed E-state index contributed by atoms with van der Waals surface area (Å²) in [5.41, 5.74) is 2.07. The average Bonchev–Trinajstić information content (AvgIpc) is 2.90. The molecular formula is C18H25N3O. The van der Waals surface area contributed by atoms with Gasteiger partial charge in [0.1, 0.15) is 0 Å². The first-order chi connectivity index (χ1) is 10.6. The van der Waals surface area contributed by atoms with Crippen molar-refractivity contribution in [1.82, 2.24) is 9.80 Å². The van der Waals surface area contributed by atoms with Gasteiger partial charge in [-0.1, -0.05) is 18.2 Å². The number of amides is 1. The Morgan fingerprint density at radius 1 is 1.36 bits per heavy atom. The summed E-state index contributed by atoms with van der Waals surface area (Å²) in [7, 11) is 4.34. The Bertz CT molecular complexity index is 600. The molecule has 3 aliphatic rings. The first-order valence-electron chi connectivity index (χ1n) is 8.41. The second-order valence-electron chi connectivity index (χ2n) is 7.37. The summed E-state index contributed by atoms with van der Waals surface area (Å²) < 4.78 is 0. The molecule has 1 aromatic rings. The normalized spacial score (nSPS) is 33.5. The molecule has 1 amide bonds. The summed E-state index contributed by atoms with van der Waals surface area (Å²) in [5, 5.41) is 3.07. The maximum Gasteiger partial charge on any atom is 0.235 e. The third-order valence-corrected chi connectivity index (χ3v) is 5.94. The highest BCUT2D eigenvalue weighted by Crippen LogP contribution is 2.61. The maximum atomic E-state index is 12.4. The van der Waals surface area contributed by atoms with Crippen molar-refractivity contribution in [2.75, 3.05) is 39.0 Å². The first kappa shape index (κ1) is 14.2. The standard InChI is InChI=1S/C18H25N3O/c1-20(2)14-8-10-21(12-14)9-7-13-11-18(13)15-5-3-4-6-16(15)19-17(18)22/h3-6,13-14H,7-12H2,1-2H3,(H,19,22)/t13?,14-,18?/m0/s1. The molecule has 4 rings (SSSR count). The number of hydrogen-bond acceptors (Lipinski definition) is 3. The van der Waals surface area contributed by atoms with Crippen LogP contribution in [-0.2, 0) is 10.2 Å². The average molecular weight is 299 g/mol. The van der Waals surface area contributed by atoms with Crippen LogP contribution in [0.15, 0.2) is 24.3 Å². The van der Waals surface area contributed by atoms with Crippen molar-refractivity contribution in [3.05, 3.63) is 29.8 Å². The van der Waals surface area contributed by atoms with Crippen molar-refractivity contribution < 1.29 is 4.79 Å². The number of likely N-dealkylation sites (tertiary alicyclic amines) is 1. The molecule has 1 aliphatic carbocycles. The SMILES string of the molecule is CN(C)[C@H]1CCN(CCC2CC23C(=O)Nc2ccccc23)C1. The van der Waals surface area contributed by atoms with Crippen LogP contribution in [0.4, 0.5) is 5.69 Å². The van der Waals surface area contributed by atoms with E-state index in [0.717, 1.165) is 25.1 Å². The Morgan fingerprint density at radius 3 is 2.95 bits per heavy atom. The molecule has 1 N–H and O–H groups in total. The number of carbonyl (C=O) groups is 1. The predicted octanol–water partition coefficient (Wildman–Crippen LogP) is 1.92. The number of anilines is 1. The van der Waals surface area contributed by atoms with Gasteiger partial charge in [-0.3, -0.25) is 4.79 Å². The summed E-state index contributed by atoms with van der Waals surface area (Å²) in [6.07, 6.45) is 3.44. The topological polar surface area (TPSA) is 35.6 Å². The molecule has 4 nitrogen and oxygen atoms in total. The van der Waals surface area contributed by atoms with Crippen LogP contribution in [0.25, 0.3) is 0 Å². The van der Waals surface area contributed by atoms with Gasteiger partial charge in [0, 0.05) is 18.3 Å². The Kier molecular flexibility index (Phi) is 3.27. The molecular weight excluding hydrogens is 274 g/mol. The van der Waals surface area contributed by atoms with Crippen LogP contribution in [0.1, 0.15) is 24.8 Å². The smallest absolute Gasteiger partial charge is 0.235 e. The van der Waals surface area contributed by atoms with Crippen molar-refractivity contribution in [2.24, 2.45) is 5.92 Å². The zero-order chi connectivity index (χ0) is 15.3. The molecule has 1 aromatic carbocycles. The summed E-state index contributed by atoms with van der Waals surface area (Å²) in [4.78, 5) is 17.3. The Morgan fingerprint density at radius 2 is 2.18 bits per heavy atom. The van der Waals surface area contributed by atoms with Crippen LogP contribution < -0.4 is 5.32 Å². The lowest BCUT2D eigenvalue weighted by molar-refractivity contribution is -0.118. The van der Waals surface area contributed by atoms with E-state index in [1.165, 1.54) is 25.1 Å². The van der Waals surface area contributed by atoms with E-state index in [1.54, 1.807) is 0 Å². The van der Waals surface area contributed by atoms with Gasteiger partial charge in [-0.2, -0.15) is 0 Å². The van der Waals surface area contributed by atoms with Gasteiger partial charge < -0.3 is 15.1 Å². The molecule has 0 radical (unpaired) electrons. The van der Waals surface area contributed by atoms with Crippen molar-refractivity contribution >= 4 is 11.6 Å². The molecule has 0 bridgehead atoms. The number of fused-ring (bicyclic) bond motifs is 2. The second-order valence-corrected chi connectivity index (χ2v) is 7.37. The van der Waals surface area contributed by atoms with Crippen LogP contribution >= 0.6 is 0 Å². The van der Waals surface area contributed by atoms with Gasteiger partial charge in [-0.25, -0.2) is 0 Å². The second kappa shape index (κ2) is 5.07. The summed E-state index contributed by atoms with van der Waals surface area (Å²) >= 11 is 0. The Hall–Kier alpha value is -1.39. The van der Waals surface area contributed by atoms with Crippen LogP contribution in [0.5, 0.6) is 0 Å². The summed E-state index contributed by atoms with van der Waals surface area (Å²) in [6, 6.07) is 8.91. The van der Waals surface area contributed by atoms with Crippen molar-refractivity contribution in [3.8, 4) is 0 Å². The largest absolute Gasteiger partial charge is 0.325 e. The van der Waals surface area contributed by atoms with Gasteiger partial charge in [0.25, 0.3) is 0 Å². The molecule has 4 heteroatoms. The molecule has 1 saturated heterocycles. The number of hydrogen-bond donors (Lipinski definition) is 1. The predicted molar refractivity (Wildman–Crippen MR) is 88.0 cm³/mol. The molecule has 22 heavy (non-hydrogen) atoms. The fraction of sp³-hybridized carbons (Fsp3) is 0.611. The lowest BCUT2D eigenvalue weighted by Crippen LogP contribution is -2.32. The van der Waals surface area contributed by atoms with Gasteiger partial charge in [-0.15, -0.1) is 0 Å². The quantitative estimate of drug-likeness (QED) is 0.922. The number of carbonyl (C=O) groups excluding carboxylic acids is 1. The maximum absolute atomic E-state index is 12.4. The van der Waals surface area contributed by atoms with Gasteiger partial charge in [0.15, 0.2) is 0 Å². The molecule has 1 spiro atoms. The summed E-state index contributed by atoms with van der Waals surface area (Å²) in [5.74, 6) is 0.751. The number of nitrogens with zero attached hydrogens (tertiary/aromatic N) is 2. The third kappa shape index (κ3) is 2.09. The monoisotopic (exact) mass is 299 g/mol. The van der Waals surface area contributed by atoms with Crippen LogP contribution in [0, 0.1) is 5.92 Å². The first-order valence-corrected chi connectivity index (χ1v) is 8.41. The Labute approximate surface area is 132 Å². The molecule has 2 heterocycles. The van der Waals surface area contributed by atoms with Crippen LogP contribution in [-0.4, -0.2) is 55.5 Å². The zero-order valence-corrected chi connectivity index (χ0v) is 13.5. The number of para-hydroxylation sites is 1. The number of nitrogens with one attached hydrogen (secondary N) is 1. The van der Waals surface area contributed by atoms with E-state index >= 15 is 0 Å².